The van der Waals surface area contributed by atoms with E-state index in [2.05, 4.69) is 5.10 Å². The summed E-state index contributed by atoms with van der Waals surface area (Å²) >= 11 is 0. The Morgan fingerprint density at radius 2 is 1.77 bits per heavy atom. The normalized spacial score (nSPS) is 11.4. The van der Waals surface area contributed by atoms with Crippen molar-refractivity contribution in [2.75, 3.05) is 33.2 Å². The summed E-state index contributed by atoms with van der Waals surface area (Å²) in [6, 6.07) is 1.56. The minimum atomic E-state index is -3.44. The van der Waals surface area contributed by atoms with Crippen LogP contribution in [-0.2, 0) is 30.7 Å². The molecule has 31 heavy (non-hydrogen) atoms. The molecule has 2 rings (SSSR count). The number of carbonyl (C=O) groups is 2. The number of methoxy groups -OCH3 is 1. The highest BCUT2D eigenvalue weighted by molar-refractivity contribution is 7.90. The molecule has 0 radical (unpaired) electrons. The molecule has 0 spiro atoms. The van der Waals surface area contributed by atoms with E-state index in [0.29, 0.717) is 28.8 Å². The van der Waals surface area contributed by atoms with E-state index in [1.54, 1.807) is 26.8 Å². The van der Waals surface area contributed by atoms with Gasteiger partial charge in [0.1, 0.15) is 12.2 Å². The van der Waals surface area contributed by atoms with Crippen LogP contribution in [0.4, 0.5) is 0 Å². The van der Waals surface area contributed by atoms with Crippen molar-refractivity contribution in [2.24, 2.45) is 0 Å². The third-order valence-electron chi connectivity index (χ3n) is 4.85. The first kappa shape index (κ1) is 24.5. The lowest BCUT2D eigenvalue weighted by molar-refractivity contribution is -0.147. The van der Waals surface area contributed by atoms with Gasteiger partial charge in [0.05, 0.1) is 17.7 Å². The lowest BCUT2D eigenvalue weighted by Crippen LogP contribution is -2.19. The maximum Gasteiger partial charge on any atom is 0.344 e. The van der Waals surface area contributed by atoms with Crippen LogP contribution in [-0.4, -0.2) is 63.1 Å². The van der Waals surface area contributed by atoms with Crippen molar-refractivity contribution in [2.45, 2.75) is 39.1 Å². The summed E-state index contributed by atoms with van der Waals surface area (Å²) in [5.41, 5.74) is 2.11. The van der Waals surface area contributed by atoms with Crippen molar-refractivity contribution in [3.05, 3.63) is 40.1 Å². The van der Waals surface area contributed by atoms with Crippen LogP contribution in [0.1, 0.15) is 39.5 Å². The lowest BCUT2D eigenvalue weighted by atomic mass is 9.95. The Balaban J connectivity index is 2.39. The van der Waals surface area contributed by atoms with Gasteiger partial charge in [-0.2, -0.15) is 5.10 Å². The van der Waals surface area contributed by atoms with Crippen molar-refractivity contribution in [1.29, 1.82) is 0 Å². The van der Waals surface area contributed by atoms with E-state index in [0.717, 1.165) is 6.26 Å². The molecule has 9 nitrogen and oxygen atoms in total. The second-order valence-corrected chi connectivity index (χ2v) is 9.06. The van der Waals surface area contributed by atoms with E-state index >= 15 is 0 Å². The van der Waals surface area contributed by atoms with Crippen molar-refractivity contribution >= 4 is 21.6 Å². The number of hydrogen-bond acceptors (Lipinski definition) is 8. The Morgan fingerprint density at radius 3 is 2.35 bits per heavy atom. The smallest absolute Gasteiger partial charge is 0.344 e. The van der Waals surface area contributed by atoms with Gasteiger partial charge in [-0.15, -0.1) is 0 Å². The minimum Gasteiger partial charge on any atom is -0.465 e. The fraction of sp³-hybridized carbons (Fsp3) is 0.476. The van der Waals surface area contributed by atoms with Crippen molar-refractivity contribution in [3.63, 3.8) is 0 Å². The molecule has 1 heterocycles. The number of aryl methyl sites for hydroxylation is 2. The molecule has 0 aliphatic rings. The monoisotopic (exact) mass is 452 g/mol. The quantitative estimate of drug-likeness (QED) is 0.306. The highest BCUT2D eigenvalue weighted by Gasteiger charge is 2.26. The summed E-state index contributed by atoms with van der Waals surface area (Å²) in [5, 5.41) is 4.17. The first-order valence-electron chi connectivity index (χ1n) is 9.71. The van der Waals surface area contributed by atoms with Crippen LogP contribution in [0, 0.1) is 20.8 Å². The Labute approximate surface area is 182 Å². The molecule has 10 heteroatoms. The number of aromatic nitrogens is 2. The Morgan fingerprint density at radius 1 is 1.10 bits per heavy atom. The predicted molar refractivity (Wildman–Crippen MR) is 113 cm³/mol. The number of ether oxygens (including phenoxy) is 3. The van der Waals surface area contributed by atoms with E-state index in [4.69, 9.17) is 14.2 Å². The molecule has 0 amide bonds. The van der Waals surface area contributed by atoms with Crippen LogP contribution in [0.15, 0.2) is 17.2 Å². The molecule has 0 fully saturated rings. The van der Waals surface area contributed by atoms with Crippen molar-refractivity contribution in [1.82, 2.24) is 9.78 Å². The topological polar surface area (TPSA) is 114 Å². The van der Waals surface area contributed by atoms with Gasteiger partial charge in [-0.25, -0.2) is 17.9 Å². The number of sulfone groups is 1. The zero-order valence-corrected chi connectivity index (χ0v) is 19.5. The third kappa shape index (κ3) is 5.50. The van der Waals surface area contributed by atoms with Crippen LogP contribution in [0.3, 0.4) is 0 Å². The third-order valence-corrected chi connectivity index (χ3v) is 6.22. The van der Waals surface area contributed by atoms with Gasteiger partial charge >= 0.3 is 5.97 Å². The van der Waals surface area contributed by atoms with E-state index in [-0.39, 0.29) is 41.9 Å². The number of nitrogens with zero attached hydrogens (tertiary/aromatic N) is 2. The summed E-state index contributed by atoms with van der Waals surface area (Å²) in [6.45, 7) is 7.26. The lowest BCUT2D eigenvalue weighted by Gasteiger charge is -2.15. The molecule has 0 atom stereocenters. The van der Waals surface area contributed by atoms with Gasteiger partial charge in [-0.3, -0.25) is 4.79 Å². The first-order chi connectivity index (χ1) is 14.5. The molecule has 2 aromatic rings. The number of carbonyl (C=O) groups excluding carboxylic acids is 2. The molecule has 170 valence electrons. The molecule has 0 bridgehead atoms. The summed E-state index contributed by atoms with van der Waals surface area (Å²) in [7, 11) is -1.95. The van der Waals surface area contributed by atoms with E-state index in [9.17, 15) is 18.0 Å². The molecule has 0 aliphatic carbocycles. The summed E-state index contributed by atoms with van der Waals surface area (Å²) in [5.74, 6) is -0.816. The van der Waals surface area contributed by atoms with Crippen molar-refractivity contribution in [3.8, 4) is 5.88 Å². The van der Waals surface area contributed by atoms with Gasteiger partial charge in [-0.05, 0) is 50.5 Å². The number of hydrogen-bond donors (Lipinski definition) is 0. The van der Waals surface area contributed by atoms with Crippen LogP contribution >= 0.6 is 0 Å². The highest BCUT2D eigenvalue weighted by Crippen LogP contribution is 2.30. The Hall–Kier alpha value is -2.72. The zero-order valence-electron chi connectivity index (χ0n) is 18.6. The maximum atomic E-state index is 13.3. The van der Waals surface area contributed by atoms with Crippen molar-refractivity contribution < 1.29 is 32.2 Å². The number of esters is 1. The van der Waals surface area contributed by atoms with E-state index < -0.39 is 15.8 Å². The van der Waals surface area contributed by atoms with Crippen LogP contribution in [0.25, 0.3) is 0 Å². The maximum absolute atomic E-state index is 13.3. The van der Waals surface area contributed by atoms with Crippen LogP contribution < -0.4 is 4.74 Å². The fourth-order valence-electron chi connectivity index (χ4n) is 3.32. The van der Waals surface area contributed by atoms with Crippen LogP contribution in [0.2, 0.25) is 0 Å². The molecule has 0 saturated carbocycles. The van der Waals surface area contributed by atoms with E-state index in [1.807, 2.05) is 6.92 Å². The average molecular weight is 453 g/mol. The number of ketones is 1. The molecule has 0 unspecified atom stereocenters. The van der Waals surface area contributed by atoms with Gasteiger partial charge in [0, 0.05) is 25.5 Å². The predicted octanol–water partition coefficient (Wildman–Crippen LogP) is 2.03. The SMILES string of the molecule is CCn1ncc(C(=O)c2cc(C)c(S(C)(=O)=O)c(C)c2C)c1OCC(=O)OCCOC. The van der Waals surface area contributed by atoms with Gasteiger partial charge in [0.15, 0.2) is 22.2 Å². The van der Waals surface area contributed by atoms with Gasteiger partial charge in [0.25, 0.3) is 0 Å². The molecule has 0 N–H and O–H groups in total. The minimum absolute atomic E-state index is 0.0992. The Bertz CT molecular complexity index is 1090. The molecule has 1 aromatic heterocycles. The number of rotatable bonds is 10. The molecule has 0 saturated heterocycles. The average Bonchev–Trinajstić information content (AvgIpc) is 3.10. The van der Waals surface area contributed by atoms with Gasteiger partial charge in [0.2, 0.25) is 5.88 Å². The fourth-order valence-corrected chi connectivity index (χ4v) is 4.68. The second-order valence-electron chi connectivity index (χ2n) is 7.10. The largest absolute Gasteiger partial charge is 0.465 e. The van der Waals surface area contributed by atoms with Crippen LogP contribution in [0.5, 0.6) is 5.88 Å². The van der Waals surface area contributed by atoms with Gasteiger partial charge in [-0.1, -0.05) is 0 Å². The number of benzene rings is 1. The molecular weight excluding hydrogens is 424 g/mol. The van der Waals surface area contributed by atoms with E-state index in [1.165, 1.54) is 18.0 Å². The zero-order chi connectivity index (χ0) is 23.3. The second kappa shape index (κ2) is 10.1. The standard InChI is InChI=1S/C21H28N2O7S/c1-7-23-21(30-12-18(24)29-9-8-28-5)17(11-22-23)19(25)16-10-13(2)20(31(6,26)27)15(4)14(16)3/h10-11H,7-9,12H2,1-6H3. The van der Waals surface area contributed by atoms with Gasteiger partial charge < -0.3 is 14.2 Å². The summed E-state index contributed by atoms with van der Waals surface area (Å²) in [6.07, 6.45) is 2.53. The first-order valence-corrected chi connectivity index (χ1v) is 11.6. The summed E-state index contributed by atoms with van der Waals surface area (Å²) < 4.78 is 41.1. The molecular formula is C21H28N2O7S. The summed E-state index contributed by atoms with van der Waals surface area (Å²) in [4.78, 5) is 25.4. The molecule has 0 aliphatic heterocycles. The Kier molecular flexibility index (Phi) is 7.96. The molecule has 1 aromatic carbocycles. The highest BCUT2D eigenvalue weighted by atomic mass is 32.2.